The lowest BCUT2D eigenvalue weighted by Crippen LogP contribution is -2.50. The monoisotopic (exact) mass is 467 g/mol. The van der Waals surface area contributed by atoms with Crippen LogP contribution in [0.25, 0.3) is 10.9 Å². The summed E-state index contributed by atoms with van der Waals surface area (Å²) in [7, 11) is 3.25. The van der Waals surface area contributed by atoms with Crippen molar-refractivity contribution in [1.82, 2.24) is 34.4 Å². The fourth-order valence-corrected chi connectivity index (χ4v) is 4.04. The van der Waals surface area contributed by atoms with Gasteiger partial charge in [-0.1, -0.05) is 12.1 Å². The van der Waals surface area contributed by atoms with Gasteiger partial charge in [0.2, 0.25) is 11.8 Å². The van der Waals surface area contributed by atoms with Crippen molar-refractivity contribution in [3.05, 3.63) is 52.7 Å². The molecule has 4 rings (SSSR count). The Morgan fingerprint density at radius 2 is 1.88 bits per heavy atom. The van der Waals surface area contributed by atoms with Crippen LogP contribution in [0.15, 0.2) is 41.6 Å². The number of carbonyl (C=O) groups excluding carboxylic acids is 2. The Morgan fingerprint density at radius 3 is 2.65 bits per heavy atom. The van der Waals surface area contributed by atoms with E-state index >= 15 is 0 Å². The molecule has 0 aliphatic carbocycles. The predicted molar refractivity (Wildman–Crippen MR) is 126 cm³/mol. The molecular formula is C23H29N7O4. The van der Waals surface area contributed by atoms with Crippen molar-refractivity contribution in [2.45, 2.75) is 13.0 Å². The zero-order chi connectivity index (χ0) is 24.1. The van der Waals surface area contributed by atoms with Crippen LogP contribution in [0.5, 0.6) is 5.88 Å². The lowest BCUT2D eigenvalue weighted by Gasteiger charge is -2.34. The third-order valence-electron chi connectivity index (χ3n) is 5.94. The topological polar surface area (TPSA) is 115 Å². The number of aryl methyl sites for hydroxylation is 2. The van der Waals surface area contributed by atoms with Gasteiger partial charge in [-0.15, -0.1) is 5.10 Å². The minimum atomic E-state index is -0.144. The number of aromatic nitrogens is 4. The smallest absolute Gasteiger partial charge is 0.261 e. The molecule has 1 aliphatic heterocycles. The number of ether oxygens (including phenoxy) is 1. The van der Waals surface area contributed by atoms with Crippen molar-refractivity contribution in [2.24, 2.45) is 7.05 Å². The van der Waals surface area contributed by atoms with Crippen molar-refractivity contribution in [1.29, 1.82) is 0 Å². The van der Waals surface area contributed by atoms with Gasteiger partial charge in [0, 0.05) is 65.5 Å². The molecule has 0 atom stereocenters. The average Bonchev–Trinajstić information content (AvgIpc) is 3.24. The first-order chi connectivity index (χ1) is 16.5. The number of benzene rings is 1. The lowest BCUT2D eigenvalue weighted by molar-refractivity contribution is -0.121. The largest absolute Gasteiger partial charge is 0.479 e. The number of rotatable bonds is 8. The molecule has 1 aliphatic rings. The quantitative estimate of drug-likeness (QED) is 0.500. The normalized spacial score (nSPS) is 14.4. The van der Waals surface area contributed by atoms with E-state index in [9.17, 15) is 14.4 Å². The minimum Gasteiger partial charge on any atom is -0.479 e. The van der Waals surface area contributed by atoms with E-state index in [1.807, 2.05) is 6.07 Å². The van der Waals surface area contributed by atoms with Gasteiger partial charge in [0.15, 0.2) is 0 Å². The third-order valence-corrected chi connectivity index (χ3v) is 5.94. The first kappa shape index (κ1) is 23.4. The second-order valence-corrected chi connectivity index (χ2v) is 8.22. The van der Waals surface area contributed by atoms with Gasteiger partial charge < -0.3 is 15.0 Å². The molecule has 3 aromatic rings. The maximum atomic E-state index is 12.8. The maximum absolute atomic E-state index is 12.8. The van der Waals surface area contributed by atoms with Crippen LogP contribution in [0.2, 0.25) is 0 Å². The Bertz CT molecular complexity index is 1230. The zero-order valence-electron chi connectivity index (χ0n) is 19.4. The Balaban J connectivity index is 1.18. The first-order valence-corrected chi connectivity index (χ1v) is 11.3. The van der Waals surface area contributed by atoms with Crippen molar-refractivity contribution in [3.63, 3.8) is 0 Å². The number of nitrogens with zero attached hydrogens (tertiary/aromatic N) is 6. The Labute approximate surface area is 196 Å². The van der Waals surface area contributed by atoms with E-state index in [0.717, 1.165) is 13.1 Å². The predicted octanol–water partition coefficient (Wildman–Crippen LogP) is 0.103. The summed E-state index contributed by atoms with van der Waals surface area (Å²) in [5.41, 5.74) is 0.968. The summed E-state index contributed by atoms with van der Waals surface area (Å²) in [6.45, 7) is 4.13. The van der Waals surface area contributed by atoms with E-state index in [2.05, 4.69) is 20.3 Å². The Hall–Kier alpha value is -3.73. The molecule has 1 saturated heterocycles. The first-order valence-electron chi connectivity index (χ1n) is 11.3. The van der Waals surface area contributed by atoms with Gasteiger partial charge in [0.05, 0.1) is 24.3 Å². The maximum Gasteiger partial charge on any atom is 0.261 e. The van der Waals surface area contributed by atoms with E-state index in [0.29, 0.717) is 48.5 Å². The summed E-state index contributed by atoms with van der Waals surface area (Å²) in [6.07, 6.45) is 3.36. The molecule has 11 nitrogen and oxygen atoms in total. The van der Waals surface area contributed by atoms with Gasteiger partial charge in [-0.2, -0.15) is 0 Å². The van der Waals surface area contributed by atoms with Crippen LogP contribution in [0.3, 0.4) is 0 Å². The zero-order valence-corrected chi connectivity index (χ0v) is 19.4. The molecule has 3 heterocycles. The number of methoxy groups -OCH3 is 1. The molecule has 2 aromatic heterocycles. The summed E-state index contributed by atoms with van der Waals surface area (Å²) in [4.78, 5) is 45.8. The molecule has 0 radical (unpaired) electrons. The van der Waals surface area contributed by atoms with Crippen molar-refractivity contribution >= 4 is 22.7 Å². The van der Waals surface area contributed by atoms with E-state index in [-0.39, 0.29) is 30.3 Å². The molecular weight excluding hydrogens is 438 g/mol. The molecule has 1 aromatic carbocycles. The molecule has 2 amide bonds. The summed E-state index contributed by atoms with van der Waals surface area (Å²) >= 11 is 0. The minimum absolute atomic E-state index is 0.0867. The van der Waals surface area contributed by atoms with Crippen LogP contribution in [0.1, 0.15) is 16.8 Å². The van der Waals surface area contributed by atoms with E-state index < -0.39 is 0 Å². The SMILES string of the molecule is COc1nn(C)cc1C(=O)N1CCN(CCNC(=O)CCn2cnc3ccccc3c2=O)CC1. The van der Waals surface area contributed by atoms with Crippen LogP contribution < -0.4 is 15.6 Å². The molecule has 0 unspecified atom stereocenters. The molecule has 180 valence electrons. The highest BCUT2D eigenvalue weighted by Crippen LogP contribution is 2.18. The number of nitrogens with one attached hydrogen (secondary N) is 1. The van der Waals surface area contributed by atoms with Gasteiger partial charge in [-0.25, -0.2) is 4.98 Å². The van der Waals surface area contributed by atoms with Gasteiger partial charge in [-0.05, 0) is 12.1 Å². The summed E-state index contributed by atoms with van der Waals surface area (Å²) in [5, 5.41) is 7.60. The molecule has 0 saturated carbocycles. The number of fused-ring (bicyclic) bond motifs is 1. The number of amides is 2. The van der Waals surface area contributed by atoms with E-state index in [1.54, 1.807) is 41.0 Å². The number of hydrogen-bond donors (Lipinski definition) is 1. The molecule has 0 spiro atoms. The molecule has 11 heteroatoms. The van der Waals surface area contributed by atoms with E-state index in [1.165, 1.54) is 18.0 Å². The van der Waals surface area contributed by atoms with Gasteiger partial charge in [0.1, 0.15) is 5.56 Å². The molecule has 0 bridgehead atoms. The lowest BCUT2D eigenvalue weighted by atomic mass is 10.2. The van der Waals surface area contributed by atoms with Gasteiger partial charge in [0.25, 0.3) is 11.5 Å². The van der Waals surface area contributed by atoms with Crippen molar-refractivity contribution in [3.8, 4) is 5.88 Å². The number of para-hydroxylation sites is 1. The Morgan fingerprint density at radius 1 is 1.12 bits per heavy atom. The molecule has 34 heavy (non-hydrogen) atoms. The van der Waals surface area contributed by atoms with Gasteiger partial charge >= 0.3 is 0 Å². The highest BCUT2D eigenvalue weighted by Gasteiger charge is 2.26. The van der Waals surface area contributed by atoms with Crippen LogP contribution in [0, 0.1) is 0 Å². The summed E-state index contributed by atoms with van der Waals surface area (Å²) < 4.78 is 8.23. The highest BCUT2D eigenvalue weighted by atomic mass is 16.5. The summed E-state index contributed by atoms with van der Waals surface area (Å²) in [5.74, 6) is 0.133. The Kier molecular flexibility index (Phi) is 7.21. The van der Waals surface area contributed by atoms with Crippen molar-refractivity contribution < 1.29 is 14.3 Å². The van der Waals surface area contributed by atoms with Crippen LogP contribution in [0.4, 0.5) is 0 Å². The fraction of sp³-hybridized carbons (Fsp3) is 0.435. The summed E-state index contributed by atoms with van der Waals surface area (Å²) in [6, 6.07) is 7.16. The fourth-order valence-electron chi connectivity index (χ4n) is 4.04. The molecule has 1 fully saturated rings. The third kappa shape index (κ3) is 5.25. The molecule has 1 N–H and O–H groups in total. The van der Waals surface area contributed by atoms with Crippen LogP contribution >= 0.6 is 0 Å². The van der Waals surface area contributed by atoms with Gasteiger partial charge in [-0.3, -0.25) is 28.5 Å². The number of hydrogen-bond acceptors (Lipinski definition) is 7. The highest BCUT2D eigenvalue weighted by molar-refractivity contribution is 5.96. The second-order valence-electron chi connectivity index (χ2n) is 8.22. The number of carbonyl (C=O) groups is 2. The van der Waals surface area contributed by atoms with E-state index in [4.69, 9.17) is 4.74 Å². The van der Waals surface area contributed by atoms with Crippen LogP contribution in [-0.2, 0) is 18.4 Å². The average molecular weight is 468 g/mol. The van der Waals surface area contributed by atoms with Crippen molar-refractivity contribution in [2.75, 3.05) is 46.4 Å². The van der Waals surface area contributed by atoms with Crippen LogP contribution in [-0.4, -0.2) is 87.3 Å². The second kappa shape index (κ2) is 10.5. The standard InChI is InChI=1S/C23H29N7O4/c1-27-15-18(21(26-27)34-2)23(33)29-13-11-28(12-14-29)10-8-24-20(31)7-9-30-16-25-19-6-4-3-5-17(19)22(30)32/h3-6,15-16H,7-14H2,1-2H3,(H,24,31). The number of piperazine rings is 1.